The normalized spacial score (nSPS) is 17.5. The van der Waals surface area contributed by atoms with Gasteiger partial charge in [-0.05, 0) is 26.3 Å². The second-order valence-electron chi connectivity index (χ2n) is 5.57. The summed E-state index contributed by atoms with van der Waals surface area (Å²) in [6.45, 7) is 4.51. The molecule has 1 aromatic heterocycles. The molecule has 128 valence electrons. The van der Waals surface area contributed by atoms with E-state index < -0.39 is 12.0 Å². The third-order valence-corrected chi connectivity index (χ3v) is 4.78. The highest BCUT2D eigenvalue weighted by molar-refractivity contribution is 7.14. The number of alkyl halides is 2. The standard InChI is InChI=1S/C15H21F2N3O2S/c1-3-18-13(21)12-9-11(10(2)23-12)19-14(22)20-7-4-5-15(16,17)6-8-20/h9H,3-8H2,1-2H3,(H,18,21)(H,19,22). The molecule has 5 nitrogen and oxygen atoms in total. The average Bonchev–Trinajstić information content (AvgIpc) is 2.73. The second-order valence-corrected chi connectivity index (χ2v) is 6.82. The van der Waals surface area contributed by atoms with Gasteiger partial charge < -0.3 is 15.5 Å². The van der Waals surface area contributed by atoms with Gasteiger partial charge in [0.25, 0.3) is 5.91 Å². The number of rotatable bonds is 3. The van der Waals surface area contributed by atoms with Crippen molar-refractivity contribution >= 4 is 29.0 Å². The molecule has 1 aromatic rings. The van der Waals surface area contributed by atoms with Crippen molar-refractivity contribution in [3.05, 3.63) is 15.8 Å². The molecule has 1 fully saturated rings. The Balaban J connectivity index is 2.01. The zero-order valence-electron chi connectivity index (χ0n) is 13.2. The van der Waals surface area contributed by atoms with E-state index >= 15 is 0 Å². The molecule has 1 saturated heterocycles. The van der Waals surface area contributed by atoms with Crippen molar-refractivity contribution in [2.24, 2.45) is 0 Å². The van der Waals surface area contributed by atoms with Crippen molar-refractivity contribution in [1.29, 1.82) is 0 Å². The molecule has 1 aliphatic rings. The lowest BCUT2D eigenvalue weighted by Crippen LogP contribution is -2.36. The van der Waals surface area contributed by atoms with Crippen LogP contribution in [-0.4, -0.2) is 42.4 Å². The summed E-state index contributed by atoms with van der Waals surface area (Å²) in [6.07, 6.45) is -0.212. The van der Waals surface area contributed by atoms with Crippen LogP contribution in [0.2, 0.25) is 0 Å². The lowest BCUT2D eigenvalue weighted by atomic mass is 10.1. The Hall–Kier alpha value is -1.70. The van der Waals surface area contributed by atoms with Gasteiger partial charge in [-0.3, -0.25) is 4.79 Å². The fourth-order valence-corrected chi connectivity index (χ4v) is 3.32. The molecule has 0 atom stereocenters. The van der Waals surface area contributed by atoms with Crippen LogP contribution >= 0.6 is 11.3 Å². The van der Waals surface area contributed by atoms with E-state index in [2.05, 4.69) is 10.6 Å². The third kappa shape index (κ3) is 4.63. The Bertz CT molecular complexity index is 589. The van der Waals surface area contributed by atoms with Crippen molar-refractivity contribution in [2.75, 3.05) is 25.0 Å². The van der Waals surface area contributed by atoms with Gasteiger partial charge in [-0.25, -0.2) is 13.6 Å². The number of nitrogens with zero attached hydrogens (tertiary/aromatic N) is 1. The molecule has 0 saturated carbocycles. The monoisotopic (exact) mass is 345 g/mol. The Morgan fingerprint density at radius 1 is 1.35 bits per heavy atom. The SMILES string of the molecule is CCNC(=O)c1cc(NC(=O)N2CCCC(F)(F)CC2)c(C)s1. The highest BCUT2D eigenvalue weighted by atomic mass is 32.1. The Labute approximate surface area is 138 Å². The predicted octanol–water partition coefficient (Wildman–Crippen LogP) is 3.46. The summed E-state index contributed by atoms with van der Waals surface area (Å²) in [4.78, 5) is 26.8. The topological polar surface area (TPSA) is 61.4 Å². The van der Waals surface area contributed by atoms with Gasteiger partial charge in [0.1, 0.15) is 0 Å². The van der Waals surface area contributed by atoms with Gasteiger partial charge >= 0.3 is 6.03 Å². The minimum absolute atomic E-state index is 0.0329. The van der Waals surface area contributed by atoms with E-state index in [1.54, 1.807) is 13.0 Å². The molecule has 1 aliphatic heterocycles. The largest absolute Gasteiger partial charge is 0.352 e. The van der Waals surface area contributed by atoms with E-state index in [1.807, 2.05) is 6.92 Å². The summed E-state index contributed by atoms with van der Waals surface area (Å²) in [6, 6.07) is 1.22. The lowest BCUT2D eigenvalue weighted by molar-refractivity contribution is -0.0121. The van der Waals surface area contributed by atoms with Crippen LogP contribution in [0.15, 0.2) is 6.07 Å². The van der Waals surface area contributed by atoms with Gasteiger partial charge in [-0.1, -0.05) is 0 Å². The molecule has 2 N–H and O–H groups in total. The van der Waals surface area contributed by atoms with Gasteiger partial charge in [-0.15, -0.1) is 11.3 Å². The number of hydrogen-bond acceptors (Lipinski definition) is 3. The first-order valence-corrected chi connectivity index (χ1v) is 8.46. The summed E-state index contributed by atoms with van der Waals surface area (Å²) < 4.78 is 26.7. The van der Waals surface area contributed by atoms with Gasteiger partial charge in [0.05, 0.1) is 10.6 Å². The molecular formula is C15H21F2N3O2S. The van der Waals surface area contributed by atoms with Gasteiger partial charge in [-0.2, -0.15) is 0 Å². The number of aryl methyl sites for hydroxylation is 1. The number of urea groups is 1. The molecule has 0 spiro atoms. The van der Waals surface area contributed by atoms with Crippen LogP contribution in [-0.2, 0) is 0 Å². The minimum Gasteiger partial charge on any atom is -0.352 e. The van der Waals surface area contributed by atoms with Crippen LogP contribution in [0.4, 0.5) is 19.3 Å². The molecule has 23 heavy (non-hydrogen) atoms. The Morgan fingerprint density at radius 3 is 2.78 bits per heavy atom. The van der Waals surface area contributed by atoms with E-state index in [9.17, 15) is 18.4 Å². The summed E-state index contributed by atoms with van der Waals surface area (Å²) >= 11 is 1.29. The van der Waals surface area contributed by atoms with Crippen molar-refractivity contribution in [3.8, 4) is 0 Å². The summed E-state index contributed by atoms with van der Waals surface area (Å²) in [5.41, 5.74) is 0.553. The molecule has 8 heteroatoms. The van der Waals surface area contributed by atoms with Crippen molar-refractivity contribution < 1.29 is 18.4 Å². The summed E-state index contributed by atoms with van der Waals surface area (Å²) in [5, 5.41) is 5.43. The molecule has 0 radical (unpaired) electrons. The molecule has 0 aliphatic carbocycles. The first-order valence-electron chi connectivity index (χ1n) is 7.65. The third-order valence-electron chi connectivity index (χ3n) is 3.73. The van der Waals surface area contributed by atoms with Gasteiger partial charge in [0, 0.05) is 37.4 Å². The Morgan fingerprint density at radius 2 is 2.09 bits per heavy atom. The number of nitrogens with one attached hydrogen (secondary N) is 2. The number of halogens is 2. The van der Waals surface area contributed by atoms with Crippen LogP contribution in [0.1, 0.15) is 40.7 Å². The molecule has 3 amide bonds. The number of thiophene rings is 1. The van der Waals surface area contributed by atoms with Crippen molar-refractivity contribution in [1.82, 2.24) is 10.2 Å². The minimum atomic E-state index is -2.70. The molecule has 0 unspecified atom stereocenters. The fraction of sp³-hybridized carbons (Fsp3) is 0.600. The first kappa shape index (κ1) is 17.7. The van der Waals surface area contributed by atoms with Gasteiger partial charge in [0.2, 0.25) is 5.92 Å². The zero-order chi connectivity index (χ0) is 17.0. The number of anilines is 1. The van der Waals surface area contributed by atoms with Crippen LogP contribution in [0, 0.1) is 6.92 Å². The fourth-order valence-electron chi connectivity index (χ4n) is 2.43. The summed E-state index contributed by atoms with van der Waals surface area (Å²) in [7, 11) is 0. The number of hydrogen-bond donors (Lipinski definition) is 2. The van der Waals surface area contributed by atoms with Crippen LogP contribution in [0.3, 0.4) is 0 Å². The lowest BCUT2D eigenvalue weighted by Gasteiger charge is -2.21. The molecule has 2 heterocycles. The molecule has 0 bridgehead atoms. The van der Waals surface area contributed by atoms with Crippen LogP contribution in [0.25, 0.3) is 0 Å². The summed E-state index contributed by atoms with van der Waals surface area (Å²) in [5.74, 6) is -2.88. The van der Waals surface area contributed by atoms with E-state index in [0.717, 1.165) is 4.88 Å². The second kappa shape index (κ2) is 7.25. The maximum Gasteiger partial charge on any atom is 0.321 e. The number of carbonyl (C=O) groups excluding carboxylic acids is 2. The average molecular weight is 345 g/mol. The quantitative estimate of drug-likeness (QED) is 0.881. The number of amides is 3. The molecular weight excluding hydrogens is 324 g/mol. The highest BCUT2D eigenvalue weighted by Gasteiger charge is 2.33. The van der Waals surface area contributed by atoms with Crippen molar-refractivity contribution in [2.45, 2.75) is 39.0 Å². The van der Waals surface area contributed by atoms with Crippen molar-refractivity contribution in [3.63, 3.8) is 0 Å². The van der Waals surface area contributed by atoms with E-state index in [0.29, 0.717) is 23.7 Å². The number of carbonyl (C=O) groups is 2. The van der Waals surface area contributed by atoms with Crippen LogP contribution < -0.4 is 10.6 Å². The van der Waals surface area contributed by atoms with E-state index in [-0.39, 0.29) is 31.7 Å². The zero-order valence-corrected chi connectivity index (χ0v) is 14.1. The number of likely N-dealkylation sites (tertiary alicyclic amines) is 1. The maximum absolute atomic E-state index is 13.4. The Kier molecular flexibility index (Phi) is 5.56. The molecule has 0 aromatic carbocycles. The van der Waals surface area contributed by atoms with E-state index in [1.165, 1.54) is 16.2 Å². The molecule has 2 rings (SSSR count). The maximum atomic E-state index is 13.4. The highest BCUT2D eigenvalue weighted by Crippen LogP contribution is 2.29. The predicted molar refractivity (Wildman–Crippen MR) is 86.5 cm³/mol. The van der Waals surface area contributed by atoms with Crippen LogP contribution in [0.5, 0.6) is 0 Å². The smallest absolute Gasteiger partial charge is 0.321 e. The first-order chi connectivity index (χ1) is 10.8. The van der Waals surface area contributed by atoms with Gasteiger partial charge in [0.15, 0.2) is 0 Å². The van der Waals surface area contributed by atoms with E-state index in [4.69, 9.17) is 0 Å².